The van der Waals surface area contributed by atoms with E-state index in [1.54, 1.807) is 0 Å². The van der Waals surface area contributed by atoms with Gasteiger partial charge in [0.2, 0.25) is 0 Å². The number of amidine groups is 1. The number of hydrazone groups is 1. The average molecular weight is 592 g/mol. The molecule has 2 saturated heterocycles. The van der Waals surface area contributed by atoms with Gasteiger partial charge in [-0.25, -0.2) is 5.84 Å². The third-order valence-electron chi connectivity index (χ3n) is 6.58. The molecule has 2 aliphatic rings. The van der Waals surface area contributed by atoms with Gasteiger partial charge < -0.3 is 21.9 Å². The number of nitrogens with zero attached hydrogens (tertiary/aromatic N) is 1. The van der Waals surface area contributed by atoms with Gasteiger partial charge in [0, 0.05) is 10.8 Å². The summed E-state index contributed by atoms with van der Waals surface area (Å²) in [6.07, 6.45) is 5.28. The van der Waals surface area contributed by atoms with Gasteiger partial charge in [-0.1, -0.05) is 78.3 Å². The van der Waals surface area contributed by atoms with Crippen molar-refractivity contribution in [1.29, 1.82) is 0 Å². The first kappa shape index (κ1) is 36.1. The molecule has 40 heavy (non-hydrogen) atoms. The first-order valence-corrected chi connectivity index (χ1v) is 16.9. The van der Waals surface area contributed by atoms with Gasteiger partial charge in [0.05, 0.1) is 20.6 Å². The molecule has 1 unspecified atom stereocenters. The molecule has 2 fully saturated rings. The number of hydrazine groups is 1. The Morgan fingerprint density at radius 2 is 1.48 bits per heavy atom. The molecule has 2 heterocycles. The maximum Gasteiger partial charge on any atom is 0.168 e. The Labute approximate surface area is 249 Å². The highest BCUT2D eigenvalue weighted by atomic mass is 32.2. The molecular weight excluding hydrogens is 539 g/mol. The molecule has 0 spiro atoms. The molecular formula is C30H53N7OS2. The van der Waals surface area contributed by atoms with Crippen LogP contribution in [0.25, 0.3) is 11.1 Å². The summed E-state index contributed by atoms with van der Waals surface area (Å²) in [6.45, 7) is 16.1. The first-order valence-electron chi connectivity index (χ1n) is 14.8. The Balaban J connectivity index is 0.00000105. The summed E-state index contributed by atoms with van der Waals surface area (Å²) < 4.78 is 13.5. The van der Waals surface area contributed by atoms with Crippen molar-refractivity contribution in [2.75, 3.05) is 26.2 Å². The van der Waals surface area contributed by atoms with E-state index in [0.29, 0.717) is 27.1 Å². The van der Waals surface area contributed by atoms with E-state index in [1.165, 1.54) is 12.0 Å². The van der Waals surface area contributed by atoms with Gasteiger partial charge in [-0.15, -0.1) is 0 Å². The predicted octanol–water partition coefficient (Wildman–Crippen LogP) is 5.20. The van der Waals surface area contributed by atoms with Gasteiger partial charge in [0.1, 0.15) is 0 Å². The maximum absolute atomic E-state index is 13.5. The van der Waals surface area contributed by atoms with Gasteiger partial charge in [0.25, 0.3) is 0 Å². The number of hydrogen-bond acceptors (Lipinski definition) is 8. The fraction of sp³-hybridized carbons (Fsp3) is 0.567. The average Bonchev–Trinajstić information content (AvgIpc) is 3.04. The van der Waals surface area contributed by atoms with Crippen LogP contribution in [0.3, 0.4) is 0 Å². The Bertz CT molecular complexity index is 1020. The molecule has 2 aromatic rings. The number of piperidine rings is 2. The molecule has 4 rings (SSSR count). The first-order chi connectivity index (χ1) is 19.6. The summed E-state index contributed by atoms with van der Waals surface area (Å²) in [5.74, 6) is 12.3. The zero-order chi connectivity index (χ0) is 29.9. The van der Waals surface area contributed by atoms with E-state index in [9.17, 15) is 4.21 Å². The van der Waals surface area contributed by atoms with E-state index in [1.807, 2.05) is 39.8 Å². The van der Waals surface area contributed by atoms with Crippen LogP contribution in [0.5, 0.6) is 0 Å². The highest BCUT2D eigenvalue weighted by Crippen LogP contribution is 2.37. The lowest BCUT2D eigenvalue weighted by molar-refractivity contribution is 0.460. The van der Waals surface area contributed by atoms with E-state index in [4.69, 9.17) is 16.8 Å². The summed E-state index contributed by atoms with van der Waals surface area (Å²) in [5.41, 5.74) is 6.54. The minimum absolute atomic E-state index is 0.0872. The van der Waals surface area contributed by atoms with Gasteiger partial charge in [-0.3, -0.25) is 9.35 Å². The molecule has 2 aliphatic heterocycles. The van der Waals surface area contributed by atoms with Crippen molar-refractivity contribution >= 4 is 28.6 Å². The summed E-state index contributed by atoms with van der Waals surface area (Å²) in [5, 5.41) is 16.8. The van der Waals surface area contributed by atoms with Crippen molar-refractivity contribution < 1.29 is 4.21 Å². The fourth-order valence-electron chi connectivity index (χ4n) is 4.77. The van der Waals surface area contributed by atoms with Crippen LogP contribution < -0.4 is 32.9 Å². The molecule has 10 heteroatoms. The lowest BCUT2D eigenvalue weighted by Gasteiger charge is -2.25. The largest absolute Gasteiger partial charge is 0.321 e. The van der Waals surface area contributed by atoms with Crippen LogP contribution in [0.4, 0.5) is 0 Å². The minimum atomic E-state index is -1.19. The van der Waals surface area contributed by atoms with Crippen LogP contribution in [0.1, 0.15) is 90.7 Å². The number of nitrogens with two attached hydrogens (primary N) is 3. The molecule has 0 aliphatic carbocycles. The Kier molecular flexibility index (Phi) is 18.8. The summed E-state index contributed by atoms with van der Waals surface area (Å²) >= 11 is 1.06. The van der Waals surface area contributed by atoms with Crippen LogP contribution in [-0.4, -0.2) is 41.5 Å². The molecule has 1 atom stereocenters. The fourth-order valence-corrected chi connectivity index (χ4v) is 7.18. The van der Waals surface area contributed by atoms with E-state index in [-0.39, 0.29) is 5.25 Å². The van der Waals surface area contributed by atoms with E-state index >= 15 is 0 Å². The highest BCUT2D eigenvalue weighted by molar-refractivity contribution is 7.97. The highest BCUT2D eigenvalue weighted by Gasteiger charge is 2.27. The topological polar surface area (TPSA) is 144 Å². The second-order valence-corrected chi connectivity index (χ2v) is 11.5. The van der Waals surface area contributed by atoms with Crippen molar-refractivity contribution in [2.24, 2.45) is 21.9 Å². The van der Waals surface area contributed by atoms with Gasteiger partial charge in [-0.05, 0) is 92.5 Å². The van der Waals surface area contributed by atoms with Crippen molar-refractivity contribution in [1.82, 2.24) is 16.1 Å². The van der Waals surface area contributed by atoms with Crippen LogP contribution in [-0.2, 0) is 10.8 Å². The second kappa shape index (κ2) is 20.9. The molecule has 0 bridgehead atoms. The SMILES string of the molecule is CC.CC.CCC.N/N=C(\NN)c1c(-c2ccc(C3CCNCC3)cc2)ccc(S(=O)C2CCNCC2)c1SN. The van der Waals surface area contributed by atoms with Crippen LogP contribution in [0, 0.1) is 0 Å². The van der Waals surface area contributed by atoms with Gasteiger partial charge in [-0.2, -0.15) is 5.10 Å². The third kappa shape index (κ3) is 9.85. The van der Waals surface area contributed by atoms with E-state index < -0.39 is 10.8 Å². The third-order valence-corrected chi connectivity index (χ3v) is 9.22. The van der Waals surface area contributed by atoms with Crippen molar-refractivity contribution in [3.8, 4) is 11.1 Å². The Morgan fingerprint density at radius 1 is 0.950 bits per heavy atom. The molecule has 0 amide bonds. The Hall–Kier alpha value is -1.95. The predicted molar refractivity (Wildman–Crippen MR) is 176 cm³/mol. The number of nitrogens with one attached hydrogen (secondary N) is 3. The summed E-state index contributed by atoms with van der Waals surface area (Å²) in [7, 11) is -1.19. The standard InChI is InChI=1S/C23H33N7OS2.C3H8.2C2H6/c24-29-23(30-25)21-19(17-3-1-15(2-4-17)16-7-11-27-12-8-16)5-6-20(22(21)32-26)33(31)18-9-13-28-14-10-18;1-3-2;2*1-2/h1-6,16,18,27-28H,7-14,24-26H2,(H,29,30);3H2,1-2H3;2*1-2H3. The van der Waals surface area contributed by atoms with Crippen molar-refractivity contribution in [3.63, 3.8) is 0 Å². The van der Waals surface area contributed by atoms with E-state index in [2.05, 4.69) is 59.3 Å². The normalized spacial score (nSPS) is 16.8. The zero-order valence-corrected chi connectivity index (χ0v) is 27.0. The smallest absolute Gasteiger partial charge is 0.168 e. The molecule has 2 aromatic carbocycles. The molecule has 9 N–H and O–H groups in total. The molecule has 226 valence electrons. The molecule has 0 radical (unpaired) electrons. The van der Waals surface area contributed by atoms with Gasteiger partial charge >= 0.3 is 0 Å². The maximum atomic E-state index is 13.5. The second-order valence-electron chi connectivity index (χ2n) is 9.16. The minimum Gasteiger partial charge on any atom is -0.321 e. The summed E-state index contributed by atoms with van der Waals surface area (Å²) in [4.78, 5) is 1.39. The van der Waals surface area contributed by atoms with Crippen LogP contribution in [0.2, 0.25) is 0 Å². The number of rotatable bonds is 6. The lowest BCUT2D eigenvalue weighted by atomic mass is 9.88. The van der Waals surface area contributed by atoms with Crippen molar-refractivity contribution in [2.45, 2.75) is 94.6 Å². The van der Waals surface area contributed by atoms with Crippen LogP contribution in [0.15, 0.2) is 51.3 Å². The zero-order valence-electron chi connectivity index (χ0n) is 25.4. The molecule has 8 nitrogen and oxygen atoms in total. The van der Waals surface area contributed by atoms with Gasteiger partial charge in [0.15, 0.2) is 5.84 Å². The summed E-state index contributed by atoms with van der Waals surface area (Å²) in [6, 6.07) is 12.5. The van der Waals surface area contributed by atoms with Crippen LogP contribution >= 0.6 is 11.9 Å². The number of hydrogen-bond donors (Lipinski definition) is 6. The van der Waals surface area contributed by atoms with Crippen molar-refractivity contribution in [3.05, 3.63) is 47.5 Å². The molecule has 0 saturated carbocycles. The Morgan fingerprint density at radius 3 is 1.95 bits per heavy atom. The lowest BCUT2D eigenvalue weighted by Crippen LogP contribution is -2.35. The van der Waals surface area contributed by atoms with E-state index in [0.717, 1.165) is 74.9 Å². The monoisotopic (exact) mass is 591 g/mol. The molecule has 0 aromatic heterocycles. The number of benzene rings is 2. The quantitative estimate of drug-likeness (QED) is 0.0885.